The molecular formula is C28H25F2N7O3. The summed E-state index contributed by atoms with van der Waals surface area (Å²) in [5, 5.41) is 5.59. The Hall–Kier alpha value is -5.13. The predicted molar refractivity (Wildman–Crippen MR) is 148 cm³/mol. The molecule has 0 bridgehead atoms. The van der Waals surface area contributed by atoms with Gasteiger partial charge in [0.25, 0.3) is 0 Å². The van der Waals surface area contributed by atoms with Gasteiger partial charge in [0, 0.05) is 62.9 Å². The number of hydrogen-bond acceptors (Lipinski definition) is 7. The van der Waals surface area contributed by atoms with Crippen molar-refractivity contribution >= 4 is 45.9 Å². The van der Waals surface area contributed by atoms with Crippen molar-refractivity contribution in [2.75, 3.05) is 41.7 Å². The molecule has 0 spiro atoms. The first-order valence-electron chi connectivity index (χ1n) is 12.4. The normalized spacial score (nSPS) is 13.3. The summed E-state index contributed by atoms with van der Waals surface area (Å²) in [7, 11) is 0. The summed E-state index contributed by atoms with van der Waals surface area (Å²) >= 11 is 0. The molecular weight excluding hydrogens is 520 g/mol. The zero-order valence-electron chi connectivity index (χ0n) is 21.5. The third-order valence-electron chi connectivity index (χ3n) is 6.59. The van der Waals surface area contributed by atoms with E-state index in [0.717, 1.165) is 6.08 Å². The summed E-state index contributed by atoms with van der Waals surface area (Å²) in [5.41, 5.74) is 0.910. The highest BCUT2D eigenvalue weighted by Gasteiger charge is 2.24. The van der Waals surface area contributed by atoms with Gasteiger partial charge in [0.1, 0.15) is 0 Å². The maximum atomic E-state index is 15.1. The van der Waals surface area contributed by atoms with Crippen molar-refractivity contribution in [2.24, 2.45) is 0 Å². The summed E-state index contributed by atoms with van der Waals surface area (Å²) in [6.45, 7) is 6.53. The van der Waals surface area contributed by atoms with Crippen molar-refractivity contribution in [3.05, 3.63) is 89.4 Å². The van der Waals surface area contributed by atoms with Gasteiger partial charge in [0.15, 0.2) is 22.7 Å². The lowest BCUT2D eigenvalue weighted by atomic mass is 10.2. The number of piperazine rings is 1. The lowest BCUT2D eigenvalue weighted by Crippen LogP contribution is -2.48. The van der Waals surface area contributed by atoms with Gasteiger partial charge in [-0.05, 0) is 36.4 Å². The predicted octanol–water partition coefficient (Wildman–Crippen LogP) is 3.60. The molecule has 40 heavy (non-hydrogen) atoms. The second-order valence-electron chi connectivity index (χ2n) is 9.10. The lowest BCUT2D eigenvalue weighted by Gasteiger charge is -2.35. The molecule has 1 aliphatic rings. The standard InChI is InChI=1S/C28H25F2N7O3/c1-3-24(40)32-18-5-4-6-19(15-18)37-10-9-23(39)20-16-31-28(34-27(20)37)33-21-7-8-22(26(30)25(21)29)36-13-11-35(12-14-36)17(2)38/h3-10,15-16H,1,11-14H2,2H3,(H,32,40)(H,31,33,34). The third-order valence-corrected chi connectivity index (χ3v) is 6.59. The summed E-state index contributed by atoms with van der Waals surface area (Å²) in [6.07, 6.45) is 3.98. The van der Waals surface area contributed by atoms with Gasteiger partial charge in [-0.25, -0.2) is 13.8 Å². The van der Waals surface area contributed by atoms with Gasteiger partial charge in [-0.1, -0.05) is 12.6 Å². The van der Waals surface area contributed by atoms with Crippen molar-refractivity contribution in [1.29, 1.82) is 0 Å². The van der Waals surface area contributed by atoms with E-state index >= 15 is 8.78 Å². The molecule has 204 valence electrons. The Morgan fingerprint density at radius 3 is 2.55 bits per heavy atom. The van der Waals surface area contributed by atoms with Crippen molar-refractivity contribution < 1.29 is 18.4 Å². The molecule has 1 aliphatic heterocycles. The second kappa shape index (κ2) is 10.9. The van der Waals surface area contributed by atoms with Crippen molar-refractivity contribution in [3.8, 4) is 5.69 Å². The summed E-state index contributed by atoms with van der Waals surface area (Å²) in [4.78, 5) is 47.7. The van der Waals surface area contributed by atoms with Crippen LogP contribution >= 0.6 is 0 Å². The molecule has 2 amide bonds. The topological polar surface area (TPSA) is 112 Å². The van der Waals surface area contributed by atoms with Crippen LogP contribution in [0.2, 0.25) is 0 Å². The SMILES string of the molecule is C=CC(=O)Nc1cccc(-n2ccc(=O)c3cnc(Nc4ccc(N5CCN(C(C)=O)CC5)c(F)c4F)nc32)c1. The van der Waals surface area contributed by atoms with Gasteiger partial charge < -0.3 is 25.0 Å². The molecule has 0 unspecified atom stereocenters. The van der Waals surface area contributed by atoms with Gasteiger partial charge in [-0.15, -0.1) is 0 Å². The van der Waals surface area contributed by atoms with Crippen LogP contribution in [0, 0.1) is 11.6 Å². The van der Waals surface area contributed by atoms with Gasteiger partial charge >= 0.3 is 0 Å². The molecule has 1 saturated heterocycles. The number of nitrogens with zero attached hydrogens (tertiary/aromatic N) is 5. The number of rotatable bonds is 6. The molecule has 4 aromatic rings. The zero-order valence-corrected chi connectivity index (χ0v) is 21.5. The summed E-state index contributed by atoms with van der Waals surface area (Å²) < 4.78 is 31.8. The highest BCUT2D eigenvalue weighted by atomic mass is 19.2. The minimum atomic E-state index is -1.11. The van der Waals surface area contributed by atoms with E-state index in [1.165, 1.54) is 37.5 Å². The number of fused-ring (bicyclic) bond motifs is 1. The largest absolute Gasteiger partial charge is 0.366 e. The molecule has 2 aromatic carbocycles. The van der Waals surface area contributed by atoms with Crippen LogP contribution < -0.4 is 21.0 Å². The van der Waals surface area contributed by atoms with E-state index in [1.54, 1.807) is 38.6 Å². The number of carbonyl (C=O) groups excluding carboxylic acids is 2. The van der Waals surface area contributed by atoms with Crippen molar-refractivity contribution in [1.82, 2.24) is 19.4 Å². The number of amides is 2. The van der Waals surface area contributed by atoms with Crippen LogP contribution in [0.3, 0.4) is 0 Å². The molecule has 2 N–H and O–H groups in total. The molecule has 5 rings (SSSR count). The first-order valence-corrected chi connectivity index (χ1v) is 12.4. The number of nitrogens with one attached hydrogen (secondary N) is 2. The number of anilines is 4. The van der Waals surface area contributed by atoms with E-state index in [2.05, 4.69) is 27.2 Å². The van der Waals surface area contributed by atoms with Crippen LogP contribution in [0.1, 0.15) is 6.92 Å². The fourth-order valence-electron chi connectivity index (χ4n) is 4.49. The van der Waals surface area contributed by atoms with Gasteiger partial charge in [-0.2, -0.15) is 4.98 Å². The zero-order chi connectivity index (χ0) is 28.4. The van der Waals surface area contributed by atoms with Crippen molar-refractivity contribution in [2.45, 2.75) is 6.92 Å². The fraction of sp³-hybridized carbons (Fsp3) is 0.179. The maximum absolute atomic E-state index is 15.1. The molecule has 10 nitrogen and oxygen atoms in total. The Balaban J connectivity index is 1.45. The van der Waals surface area contributed by atoms with Crippen LogP contribution in [-0.4, -0.2) is 57.4 Å². The van der Waals surface area contributed by atoms with E-state index in [4.69, 9.17) is 0 Å². The van der Waals surface area contributed by atoms with E-state index in [1.807, 2.05) is 0 Å². The highest BCUT2D eigenvalue weighted by Crippen LogP contribution is 2.29. The fourth-order valence-corrected chi connectivity index (χ4v) is 4.49. The highest BCUT2D eigenvalue weighted by molar-refractivity contribution is 5.99. The Labute approximate surface area is 227 Å². The monoisotopic (exact) mass is 545 g/mol. The van der Waals surface area contributed by atoms with Crippen molar-refractivity contribution in [3.63, 3.8) is 0 Å². The maximum Gasteiger partial charge on any atom is 0.247 e. The van der Waals surface area contributed by atoms with E-state index in [0.29, 0.717) is 37.6 Å². The minimum absolute atomic E-state index is 0.0518. The van der Waals surface area contributed by atoms with Crippen LogP contribution in [0.4, 0.5) is 31.8 Å². The minimum Gasteiger partial charge on any atom is -0.366 e. The average molecular weight is 546 g/mol. The molecule has 12 heteroatoms. The number of halogens is 2. The molecule has 0 aliphatic carbocycles. The number of pyridine rings is 1. The van der Waals surface area contributed by atoms with E-state index in [9.17, 15) is 14.4 Å². The summed E-state index contributed by atoms with van der Waals surface area (Å²) in [5.74, 6) is -2.62. The van der Waals surface area contributed by atoms with Gasteiger partial charge in [0.05, 0.1) is 16.8 Å². The Kier molecular flexibility index (Phi) is 7.23. The Morgan fingerprint density at radius 2 is 1.82 bits per heavy atom. The van der Waals surface area contributed by atoms with E-state index in [-0.39, 0.29) is 45.6 Å². The Bertz CT molecular complexity index is 1700. The second-order valence-corrected chi connectivity index (χ2v) is 9.10. The molecule has 0 radical (unpaired) electrons. The first kappa shape index (κ1) is 26.5. The first-order chi connectivity index (χ1) is 19.2. The molecule has 3 heterocycles. The number of hydrogen-bond donors (Lipinski definition) is 2. The number of carbonyl (C=O) groups is 2. The molecule has 0 saturated carbocycles. The number of aromatic nitrogens is 3. The Morgan fingerprint density at radius 1 is 1.05 bits per heavy atom. The lowest BCUT2D eigenvalue weighted by molar-refractivity contribution is -0.129. The third kappa shape index (κ3) is 5.23. The van der Waals surface area contributed by atoms with E-state index < -0.39 is 11.6 Å². The molecule has 0 atom stereocenters. The van der Waals surface area contributed by atoms with Crippen LogP contribution in [-0.2, 0) is 9.59 Å². The van der Waals surface area contributed by atoms with Gasteiger partial charge in [0.2, 0.25) is 17.8 Å². The quantitative estimate of drug-likeness (QED) is 0.356. The van der Waals surface area contributed by atoms with Crippen LogP contribution in [0.15, 0.2) is 72.3 Å². The molecule has 2 aromatic heterocycles. The van der Waals surface area contributed by atoms with Crippen LogP contribution in [0.25, 0.3) is 16.7 Å². The summed E-state index contributed by atoms with van der Waals surface area (Å²) in [6, 6.07) is 11.1. The number of benzene rings is 2. The van der Waals surface area contributed by atoms with Gasteiger partial charge in [-0.3, -0.25) is 14.4 Å². The average Bonchev–Trinajstić information content (AvgIpc) is 2.96. The van der Waals surface area contributed by atoms with Crippen LogP contribution in [0.5, 0.6) is 0 Å². The smallest absolute Gasteiger partial charge is 0.247 e. The molecule has 1 fully saturated rings.